The van der Waals surface area contributed by atoms with Gasteiger partial charge in [-0.1, -0.05) is 0 Å². The van der Waals surface area contributed by atoms with Crippen LogP contribution in [0.25, 0.3) is 10.2 Å². The van der Waals surface area contributed by atoms with Crippen LogP contribution in [0.4, 0.5) is 5.82 Å². The van der Waals surface area contributed by atoms with Gasteiger partial charge >= 0.3 is 0 Å². The van der Waals surface area contributed by atoms with Gasteiger partial charge in [0.05, 0.1) is 10.2 Å². The molecule has 0 bridgehead atoms. The Morgan fingerprint density at radius 3 is 2.93 bits per heavy atom. The van der Waals surface area contributed by atoms with E-state index in [2.05, 4.69) is 15.3 Å². The summed E-state index contributed by atoms with van der Waals surface area (Å²) in [5.41, 5.74) is 2.46. The number of hydrazine groups is 1. The third kappa shape index (κ3) is 1.39. The summed E-state index contributed by atoms with van der Waals surface area (Å²) >= 11 is 1.69. The molecule has 1 aliphatic carbocycles. The number of aromatic nitrogens is 2. The summed E-state index contributed by atoms with van der Waals surface area (Å²) in [5.74, 6) is 7.27. The molecule has 0 radical (unpaired) electrons. The SMILES string of the molecule is CN(N)c1ncnc2c(C3CC3)csc12. The predicted molar refractivity (Wildman–Crippen MR) is 62.0 cm³/mol. The Balaban J connectivity index is 2.23. The zero-order chi connectivity index (χ0) is 10.4. The first-order valence-corrected chi connectivity index (χ1v) is 5.86. The minimum atomic E-state index is 0.726. The summed E-state index contributed by atoms with van der Waals surface area (Å²) in [5, 5.41) is 3.75. The second-order valence-electron chi connectivity index (χ2n) is 3.95. The Kier molecular flexibility index (Phi) is 1.90. The van der Waals surface area contributed by atoms with Crippen LogP contribution in [0.15, 0.2) is 11.7 Å². The van der Waals surface area contributed by atoms with Crippen molar-refractivity contribution < 1.29 is 0 Å². The lowest BCUT2D eigenvalue weighted by atomic mass is 10.2. The van der Waals surface area contributed by atoms with E-state index < -0.39 is 0 Å². The lowest BCUT2D eigenvalue weighted by Gasteiger charge is -2.10. The summed E-state index contributed by atoms with van der Waals surface area (Å²) in [6.45, 7) is 0. The number of nitrogens with zero attached hydrogens (tertiary/aromatic N) is 3. The molecule has 2 heterocycles. The van der Waals surface area contributed by atoms with Crippen LogP contribution in [0, 0.1) is 0 Å². The minimum Gasteiger partial charge on any atom is -0.297 e. The smallest absolute Gasteiger partial charge is 0.163 e. The molecule has 2 aromatic rings. The van der Waals surface area contributed by atoms with E-state index in [1.54, 1.807) is 29.7 Å². The molecule has 0 unspecified atom stereocenters. The van der Waals surface area contributed by atoms with Gasteiger partial charge in [-0.05, 0) is 29.7 Å². The topological polar surface area (TPSA) is 55.0 Å². The van der Waals surface area contributed by atoms with Crippen LogP contribution < -0.4 is 10.9 Å². The van der Waals surface area contributed by atoms with E-state index in [9.17, 15) is 0 Å². The zero-order valence-electron chi connectivity index (χ0n) is 8.47. The van der Waals surface area contributed by atoms with Crippen molar-refractivity contribution >= 4 is 27.4 Å². The van der Waals surface area contributed by atoms with Gasteiger partial charge in [-0.3, -0.25) is 5.01 Å². The number of thiophene rings is 1. The maximum atomic E-state index is 5.73. The quantitative estimate of drug-likeness (QED) is 0.620. The lowest BCUT2D eigenvalue weighted by molar-refractivity contribution is 0.979. The average molecular weight is 220 g/mol. The van der Waals surface area contributed by atoms with Crippen molar-refractivity contribution in [3.63, 3.8) is 0 Å². The first-order chi connectivity index (χ1) is 7.27. The summed E-state index contributed by atoms with van der Waals surface area (Å²) in [6, 6.07) is 0. The zero-order valence-corrected chi connectivity index (χ0v) is 9.29. The van der Waals surface area contributed by atoms with E-state index in [4.69, 9.17) is 5.84 Å². The van der Waals surface area contributed by atoms with E-state index in [0.29, 0.717) is 0 Å². The Bertz CT molecular complexity index is 501. The van der Waals surface area contributed by atoms with E-state index in [0.717, 1.165) is 22.0 Å². The first-order valence-electron chi connectivity index (χ1n) is 4.98. The van der Waals surface area contributed by atoms with E-state index in [1.165, 1.54) is 18.4 Å². The van der Waals surface area contributed by atoms with E-state index in [1.807, 2.05) is 0 Å². The number of nitrogens with two attached hydrogens (primary N) is 1. The highest BCUT2D eigenvalue weighted by Gasteiger charge is 2.27. The lowest BCUT2D eigenvalue weighted by Crippen LogP contribution is -2.26. The number of hydrogen-bond donors (Lipinski definition) is 1. The van der Waals surface area contributed by atoms with Crippen LogP contribution in [0.1, 0.15) is 24.3 Å². The number of fused-ring (bicyclic) bond motifs is 1. The van der Waals surface area contributed by atoms with Gasteiger partial charge in [-0.15, -0.1) is 11.3 Å². The summed E-state index contributed by atoms with van der Waals surface area (Å²) in [4.78, 5) is 8.56. The molecule has 2 N–H and O–H groups in total. The van der Waals surface area contributed by atoms with Crippen molar-refractivity contribution in [1.29, 1.82) is 0 Å². The molecule has 5 heteroatoms. The molecule has 1 saturated carbocycles. The van der Waals surface area contributed by atoms with E-state index >= 15 is 0 Å². The predicted octanol–water partition coefficient (Wildman–Crippen LogP) is 1.88. The van der Waals surface area contributed by atoms with Crippen molar-refractivity contribution in [1.82, 2.24) is 9.97 Å². The van der Waals surface area contributed by atoms with Gasteiger partial charge in [0.25, 0.3) is 0 Å². The Morgan fingerprint density at radius 1 is 1.47 bits per heavy atom. The second-order valence-corrected chi connectivity index (χ2v) is 4.83. The van der Waals surface area contributed by atoms with Crippen LogP contribution in [0.5, 0.6) is 0 Å². The molecule has 0 spiro atoms. The number of hydrogen-bond acceptors (Lipinski definition) is 5. The molecule has 4 nitrogen and oxygen atoms in total. The summed E-state index contributed by atoms with van der Waals surface area (Å²) in [7, 11) is 1.80. The van der Waals surface area contributed by atoms with Gasteiger partial charge < -0.3 is 0 Å². The molecule has 0 aliphatic heterocycles. The molecular weight excluding hydrogens is 208 g/mol. The summed E-state index contributed by atoms with van der Waals surface area (Å²) in [6.07, 6.45) is 4.19. The van der Waals surface area contributed by atoms with Crippen LogP contribution in [0.2, 0.25) is 0 Å². The first kappa shape index (κ1) is 9.06. The van der Waals surface area contributed by atoms with Gasteiger partial charge in [-0.2, -0.15) is 0 Å². The van der Waals surface area contributed by atoms with Crippen LogP contribution >= 0.6 is 11.3 Å². The second kappa shape index (κ2) is 3.15. The van der Waals surface area contributed by atoms with Gasteiger partial charge in [0.15, 0.2) is 5.82 Å². The highest BCUT2D eigenvalue weighted by atomic mass is 32.1. The highest BCUT2D eigenvalue weighted by Crippen LogP contribution is 2.45. The largest absolute Gasteiger partial charge is 0.297 e. The Morgan fingerprint density at radius 2 is 2.27 bits per heavy atom. The molecule has 78 valence electrons. The standard InChI is InChI=1S/C10H12N4S/c1-14(11)10-9-8(12-5-13-10)7(4-15-9)6-2-3-6/h4-6H,2-3,11H2,1H3. The summed E-state index contributed by atoms with van der Waals surface area (Å²) < 4.78 is 1.10. The fraction of sp³-hybridized carbons (Fsp3) is 0.400. The molecule has 1 fully saturated rings. The average Bonchev–Trinajstić information content (AvgIpc) is 2.97. The molecular formula is C10H12N4S. The van der Waals surface area contributed by atoms with E-state index in [-0.39, 0.29) is 0 Å². The van der Waals surface area contributed by atoms with Crippen molar-refractivity contribution in [2.24, 2.45) is 5.84 Å². The van der Waals surface area contributed by atoms with Gasteiger partial charge in [0.1, 0.15) is 6.33 Å². The Hall–Kier alpha value is -1.20. The molecule has 0 saturated heterocycles. The van der Waals surface area contributed by atoms with Gasteiger partial charge in [0.2, 0.25) is 0 Å². The van der Waals surface area contributed by atoms with Crippen LogP contribution in [-0.2, 0) is 0 Å². The molecule has 15 heavy (non-hydrogen) atoms. The van der Waals surface area contributed by atoms with Gasteiger partial charge in [-0.25, -0.2) is 15.8 Å². The monoisotopic (exact) mass is 220 g/mol. The maximum Gasteiger partial charge on any atom is 0.163 e. The molecule has 0 amide bonds. The van der Waals surface area contributed by atoms with Crippen molar-refractivity contribution in [3.8, 4) is 0 Å². The molecule has 0 aromatic carbocycles. The maximum absolute atomic E-state index is 5.73. The highest BCUT2D eigenvalue weighted by molar-refractivity contribution is 7.18. The Labute approximate surface area is 91.7 Å². The molecule has 0 atom stereocenters. The van der Waals surface area contributed by atoms with Crippen LogP contribution in [-0.4, -0.2) is 17.0 Å². The van der Waals surface area contributed by atoms with Crippen molar-refractivity contribution in [2.75, 3.05) is 12.1 Å². The fourth-order valence-electron chi connectivity index (χ4n) is 1.79. The molecule has 1 aliphatic rings. The molecule has 3 rings (SSSR count). The van der Waals surface area contributed by atoms with Crippen molar-refractivity contribution in [2.45, 2.75) is 18.8 Å². The minimum absolute atomic E-state index is 0.726. The van der Waals surface area contributed by atoms with Crippen molar-refractivity contribution in [3.05, 3.63) is 17.3 Å². The fourth-order valence-corrected chi connectivity index (χ4v) is 2.93. The number of anilines is 1. The van der Waals surface area contributed by atoms with Gasteiger partial charge in [0, 0.05) is 7.05 Å². The normalized spacial score (nSPS) is 15.9. The third-order valence-corrected chi connectivity index (χ3v) is 3.70. The number of rotatable bonds is 2. The molecule has 2 aromatic heterocycles. The third-order valence-electron chi connectivity index (χ3n) is 2.71. The van der Waals surface area contributed by atoms with Crippen LogP contribution in [0.3, 0.4) is 0 Å².